The van der Waals surface area contributed by atoms with E-state index in [1.165, 1.54) is 11.0 Å². The maximum Gasteiger partial charge on any atom is 0.216 e. The zero-order chi connectivity index (χ0) is 18.5. The van der Waals surface area contributed by atoms with Crippen molar-refractivity contribution in [3.05, 3.63) is 68.1 Å². The molecule has 0 unspecified atom stereocenters. The van der Waals surface area contributed by atoms with E-state index in [2.05, 4.69) is 31.2 Å². The molecule has 0 atom stereocenters. The lowest BCUT2D eigenvalue weighted by atomic mass is 10.1. The Bertz CT molecular complexity index is 1000. The number of H-pyrrole nitrogens is 1. The topological polar surface area (TPSA) is 64.4 Å². The van der Waals surface area contributed by atoms with E-state index in [1.54, 1.807) is 25.5 Å². The molecule has 0 fully saturated rings. The summed E-state index contributed by atoms with van der Waals surface area (Å²) in [4.78, 5) is 0. The number of hydrogen-bond acceptors (Lipinski definition) is 5. The quantitative estimate of drug-likeness (QED) is 0.429. The maximum atomic E-state index is 5.95. The minimum absolute atomic E-state index is 0.330. The summed E-state index contributed by atoms with van der Waals surface area (Å²) in [6, 6.07) is 11.1. The van der Waals surface area contributed by atoms with E-state index < -0.39 is 0 Å². The van der Waals surface area contributed by atoms with Gasteiger partial charge in [-0.1, -0.05) is 11.6 Å². The van der Waals surface area contributed by atoms with Crippen LogP contribution in [-0.4, -0.2) is 28.2 Å². The first kappa shape index (κ1) is 18.6. The minimum atomic E-state index is 0.330. The fourth-order valence-corrected chi connectivity index (χ4v) is 3.14. The number of nitrogens with one attached hydrogen (secondary N) is 1. The molecule has 0 aliphatic carbocycles. The summed E-state index contributed by atoms with van der Waals surface area (Å²) in [5.41, 5.74) is 1.76. The van der Waals surface area contributed by atoms with Gasteiger partial charge >= 0.3 is 0 Å². The molecule has 0 saturated heterocycles. The smallest absolute Gasteiger partial charge is 0.216 e. The van der Waals surface area contributed by atoms with Gasteiger partial charge in [0.2, 0.25) is 4.77 Å². The van der Waals surface area contributed by atoms with E-state index in [1.807, 2.05) is 24.3 Å². The number of ether oxygens (including phenoxy) is 2. The molecule has 134 valence electrons. The molecule has 0 saturated carbocycles. The van der Waals surface area contributed by atoms with Crippen molar-refractivity contribution in [3.63, 3.8) is 0 Å². The van der Waals surface area contributed by atoms with E-state index in [0.717, 1.165) is 21.3 Å². The highest BCUT2D eigenvalue weighted by Gasteiger charge is 2.07. The van der Waals surface area contributed by atoms with Crippen molar-refractivity contribution in [2.75, 3.05) is 7.11 Å². The second-order valence-electron chi connectivity index (χ2n) is 5.19. The number of aromatic amines is 1. The number of rotatable bonds is 6. The summed E-state index contributed by atoms with van der Waals surface area (Å²) in [5, 5.41) is 11.4. The lowest BCUT2D eigenvalue weighted by Gasteiger charge is -2.12. The maximum absolute atomic E-state index is 5.95. The van der Waals surface area contributed by atoms with Gasteiger partial charge in [0, 0.05) is 10.6 Å². The fourth-order valence-electron chi connectivity index (χ4n) is 2.19. The van der Waals surface area contributed by atoms with Crippen LogP contribution in [0.2, 0.25) is 5.02 Å². The Hall–Kier alpha value is -2.16. The lowest BCUT2D eigenvalue weighted by Crippen LogP contribution is -2.01. The van der Waals surface area contributed by atoms with Gasteiger partial charge in [-0.3, -0.25) is 5.10 Å². The van der Waals surface area contributed by atoms with Gasteiger partial charge in [-0.15, -0.1) is 0 Å². The Kier molecular flexibility index (Phi) is 6.08. The Morgan fingerprint density at radius 1 is 1.31 bits per heavy atom. The fraction of sp³-hybridized carbons (Fsp3) is 0.118. The van der Waals surface area contributed by atoms with E-state index in [0.29, 0.717) is 22.2 Å². The van der Waals surface area contributed by atoms with Crippen molar-refractivity contribution < 1.29 is 9.47 Å². The van der Waals surface area contributed by atoms with Gasteiger partial charge in [0.1, 0.15) is 24.4 Å². The molecule has 1 aromatic heterocycles. The first-order chi connectivity index (χ1) is 12.6. The molecule has 0 amide bonds. The standard InChI is InChI=1S/C17H14BrClN4O2S/c1-24-15-4-2-11(8-21-23-10-20-22-17(23)26)6-12(15)9-25-16-5-3-13(19)7-14(16)18/h2-8,10H,9H2,1H3,(H,22,26)/b21-8-. The summed E-state index contributed by atoms with van der Waals surface area (Å²) in [6.07, 6.45) is 3.19. The van der Waals surface area contributed by atoms with Crippen LogP contribution < -0.4 is 9.47 Å². The van der Waals surface area contributed by atoms with Crippen molar-refractivity contribution in [3.8, 4) is 11.5 Å². The van der Waals surface area contributed by atoms with Crippen LogP contribution in [0.5, 0.6) is 11.5 Å². The summed E-state index contributed by atoms with van der Waals surface area (Å²) < 4.78 is 14.0. The van der Waals surface area contributed by atoms with E-state index in [-0.39, 0.29) is 0 Å². The van der Waals surface area contributed by atoms with Crippen LogP contribution in [0.25, 0.3) is 0 Å². The molecule has 3 aromatic rings. The van der Waals surface area contributed by atoms with Crippen molar-refractivity contribution in [2.45, 2.75) is 6.61 Å². The van der Waals surface area contributed by atoms with E-state index >= 15 is 0 Å². The van der Waals surface area contributed by atoms with Gasteiger partial charge in [0.25, 0.3) is 0 Å². The average Bonchev–Trinajstić information content (AvgIpc) is 3.04. The third-order valence-corrected chi connectivity index (χ3v) is 4.58. The minimum Gasteiger partial charge on any atom is -0.496 e. The van der Waals surface area contributed by atoms with Gasteiger partial charge < -0.3 is 9.47 Å². The van der Waals surface area contributed by atoms with Crippen molar-refractivity contribution >= 4 is 46.0 Å². The van der Waals surface area contributed by atoms with Gasteiger partial charge in [-0.05, 0) is 70.1 Å². The molecule has 0 radical (unpaired) electrons. The van der Waals surface area contributed by atoms with Crippen LogP contribution in [-0.2, 0) is 6.61 Å². The molecule has 6 nitrogen and oxygen atoms in total. The molecule has 2 aromatic carbocycles. The molecule has 3 rings (SSSR count). The SMILES string of the molecule is COc1ccc(/C=N\n2cn[nH]c2=S)cc1COc1ccc(Cl)cc1Br. The summed E-state index contributed by atoms with van der Waals surface area (Å²) in [7, 11) is 1.62. The Morgan fingerprint density at radius 3 is 2.81 bits per heavy atom. The first-order valence-corrected chi connectivity index (χ1v) is 9.06. The largest absolute Gasteiger partial charge is 0.496 e. The molecular weight excluding hydrogens is 440 g/mol. The number of aromatic nitrogens is 3. The predicted molar refractivity (Wildman–Crippen MR) is 107 cm³/mol. The van der Waals surface area contributed by atoms with Gasteiger partial charge in [0.15, 0.2) is 0 Å². The normalized spacial score (nSPS) is 11.0. The van der Waals surface area contributed by atoms with Gasteiger partial charge in [-0.25, -0.2) is 0 Å². The number of hydrogen-bond donors (Lipinski definition) is 1. The second-order valence-corrected chi connectivity index (χ2v) is 6.86. The second kappa shape index (κ2) is 8.48. The van der Waals surface area contributed by atoms with Crippen LogP contribution in [0, 0.1) is 4.77 Å². The zero-order valence-corrected chi connectivity index (χ0v) is 16.8. The summed E-state index contributed by atoms with van der Waals surface area (Å²) in [6.45, 7) is 0.330. The number of nitrogens with zero attached hydrogens (tertiary/aromatic N) is 3. The van der Waals surface area contributed by atoms with Crippen molar-refractivity contribution in [2.24, 2.45) is 5.10 Å². The van der Waals surface area contributed by atoms with Crippen molar-refractivity contribution in [1.82, 2.24) is 14.9 Å². The third kappa shape index (κ3) is 4.51. The molecular formula is C17H14BrClN4O2S. The molecule has 0 spiro atoms. The van der Waals surface area contributed by atoms with Gasteiger partial charge in [-0.2, -0.15) is 14.9 Å². The van der Waals surface area contributed by atoms with E-state index in [9.17, 15) is 0 Å². The monoisotopic (exact) mass is 452 g/mol. The average molecular weight is 454 g/mol. The third-order valence-electron chi connectivity index (χ3n) is 3.45. The van der Waals surface area contributed by atoms with Crippen LogP contribution in [0.3, 0.4) is 0 Å². The van der Waals surface area contributed by atoms with Crippen LogP contribution in [0.15, 0.2) is 52.3 Å². The Morgan fingerprint density at radius 2 is 2.12 bits per heavy atom. The lowest BCUT2D eigenvalue weighted by molar-refractivity contribution is 0.295. The zero-order valence-electron chi connectivity index (χ0n) is 13.6. The molecule has 26 heavy (non-hydrogen) atoms. The highest BCUT2D eigenvalue weighted by Crippen LogP contribution is 2.29. The van der Waals surface area contributed by atoms with Crippen LogP contribution in [0.1, 0.15) is 11.1 Å². The first-order valence-electron chi connectivity index (χ1n) is 7.48. The predicted octanol–water partition coefficient (Wildman–Crippen LogP) is 4.83. The van der Waals surface area contributed by atoms with Crippen LogP contribution in [0.4, 0.5) is 0 Å². The highest BCUT2D eigenvalue weighted by molar-refractivity contribution is 9.10. The van der Waals surface area contributed by atoms with E-state index in [4.69, 9.17) is 33.3 Å². The summed E-state index contributed by atoms with van der Waals surface area (Å²) in [5.74, 6) is 1.42. The van der Waals surface area contributed by atoms with Gasteiger partial charge in [0.05, 0.1) is 17.8 Å². The highest BCUT2D eigenvalue weighted by atomic mass is 79.9. The summed E-state index contributed by atoms with van der Waals surface area (Å²) >= 11 is 14.5. The molecule has 0 bridgehead atoms. The Balaban J connectivity index is 1.80. The van der Waals surface area contributed by atoms with Crippen molar-refractivity contribution in [1.29, 1.82) is 0 Å². The van der Waals surface area contributed by atoms with Crippen LogP contribution >= 0.6 is 39.7 Å². The molecule has 0 aliphatic heterocycles. The number of benzene rings is 2. The molecule has 0 aliphatic rings. The molecule has 1 N–H and O–H groups in total. The Labute approximate surface area is 168 Å². The molecule has 9 heteroatoms. The number of methoxy groups -OCH3 is 1. The number of halogens is 2. The molecule has 1 heterocycles.